The molecule has 0 unspecified atom stereocenters. The summed E-state index contributed by atoms with van der Waals surface area (Å²) in [5.74, 6) is 2.22. The van der Waals surface area contributed by atoms with E-state index in [1.807, 2.05) is 32.2 Å². The molecular weight excluding hydrogens is 468 g/mol. The summed E-state index contributed by atoms with van der Waals surface area (Å²) in [6.07, 6.45) is 3.61. The van der Waals surface area contributed by atoms with Crippen molar-refractivity contribution in [1.29, 1.82) is 0 Å². The van der Waals surface area contributed by atoms with Crippen molar-refractivity contribution in [3.05, 3.63) is 77.9 Å². The first-order valence-corrected chi connectivity index (χ1v) is 12.4. The van der Waals surface area contributed by atoms with Crippen molar-refractivity contribution in [1.82, 2.24) is 24.9 Å². The molecule has 1 fully saturated rings. The topological polar surface area (TPSA) is 102 Å². The zero-order chi connectivity index (χ0) is 25.4. The van der Waals surface area contributed by atoms with Gasteiger partial charge in [-0.25, -0.2) is 9.97 Å². The molecule has 1 aliphatic heterocycles. The maximum Gasteiger partial charge on any atom is 0.165 e. The zero-order valence-corrected chi connectivity index (χ0v) is 20.8. The van der Waals surface area contributed by atoms with E-state index >= 15 is 0 Å². The zero-order valence-electron chi connectivity index (χ0n) is 20.8. The van der Waals surface area contributed by atoms with Crippen LogP contribution in [-0.4, -0.2) is 56.4 Å². The van der Waals surface area contributed by atoms with E-state index in [-0.39, 0.29) is 12.6 Å². The third-order valence-corrected chi connectivity index (χ3v) is 6.80. The monoisotopic (exact) mass is 496 g/mol. The van der Waals surface area contributed by atoms with Crippen molar-refractivity contribution in [3.8, 4) is 22.5 Å². The van der Waals surface area contributed by atoms with E-state index in [4.69, 9.17) is 19.2 Å². The number of benzene rings is 2. The van der Waals surface area contributed by atoms with Gasteiger partial charge in [-0.3, -0.25) is 4.68 Å². The first-order chi connectivity index (χ1) is 18.1. The molecule has 1 saturated heterocycles. The molecule has 0 radical (unpaired) electrons. The molecule has 9 nitrogen and oxygen atoms in total. The van der Waals surface area contributed by atoms with Gasteiger partial charge in [0.25, 0.3) is 0 Å². The first kappa shape index (κ1) is 23.3. The van der Waals surface area contributed by atoms with E-state index in [1.165, 1.54) is 5.56 Å². The third-order valence-electron chi connectivity index (χ3n) is 6.80. The van der Waals surface area contributed by atoms with Gasteiger partial charge in [0.1, 0.15) is 11.6 Å². The second-order valence-corrected chi connectivity index (χ2v) is 9.21. The Morgan fingerprint density at radius 2 is 1.92 bits per heavy atom. The molecule has 2 aromatic carbocycles. The molecule has 37 heavy (non-hydrogen) atoms. The lowest BCUT2D eigenvalue weighted by atomic mass is 10.0. The fraction of sp³-hybridized carbons (Fsp3) is 0.286. The molecule has 188 valence electrons. The van der Waals surface area contributed by atoms with Crippen LogP contribution in [0.15, 0.2) is 65.4 Å². The van der Waals surface area contributed by atoms with E-state index in [0.717, 1.165) is 44.9 Å². The Labute approximate surface area is 214 Å². The van der Waals surface area contributed by atoms with Crippen LogP contribution in [0.3, 0.4) is 0 Å². The summed E-state index contributed by atoms with van der Waals surface area (Å²) in [4.78, 5) is 12.4. The Kier molecular flexibility index (Phi) is 6.15. The lowest BCUT2D eigenvalue weighted by molar-refractivity contribution is 0.0939. The quantitative estimate of drug-likeness (QED) is 0.371. The van der Waals surface area contributed by atoms with Gasteiger partial charge in [0.15, 0.2) is 5.82 Å². The number of aliphatic hydroxyl groups excluding tert-OH is 1. The van der Waals surface area contributed by atoms with Gasteiger partial charge in [-0.05, 0) is 37.1 Å². The Morgan fingerprint density at radius 1 is 1.05 bits per heavy atom. The van der Waals surface area contributed by atoms with Crippen LogP contribution in [-0.2, 0) is 11.3 Å². The van der Waals surface area contributed by atoms with Crippen LogP contribution in [0, 0.1) is 13.8 Å². The standard InChI is InChI=1S/C28H28N6O3/c1-18-26(19(2)37-32-18)21-8-9-24-23(14-21)28(31-27(30-24)22-15-29-33(16-22)10-12-35)34-11-13-36-17-25(34)20-6-4-3-5-7-20/h3-9,14-16,25,35H,10-13,17H2,1-2H3/t25-/m1/s1. The summed E-state index contributed by atoms with van der Waals surface area (Å²) in [5, 5.41) is 18.8. The highest BCUT2D eigenvalue weighted by atomic mass is 16.5. The first-order valence-electron chi connectivity index (χ1n) is 12.4. The van der Waals surface area contributed by atoms with Gasteiger partial charge >= 0.3 is 0 Å². The van der Waals surface area contributed by atoms with Crippen molar-refractivity contribution < 1.29 is 14.4 Å². The molecule has 6 rings (SSSR count). The molecule has 4 heterocycles. The number of aliphatic hydroxyl groups is 1. The Bertz CT molecular complexity index is 1530. The predicted molar refractivity (Wildman–Crippen MR) is 140 cm³/mol. The second-order valence-electron chi connectivity index (χ2n) is 9.21. The summed E-state index contributed by atoms with van der Waals surface area (Å²) in [7, 11) is 0. The predicted octanol–water partition coefficient (Wildman–Crippen LogP) is 4.34. The van der Waals surface area contributed by atoms with Gasteiger partial charge in [-0.15, -0.1) is 0 Å². The lowest BCUT2D eigenvalue weighted by Crippen LogP contribution is -2.40. The number of hydrogen-bond acceptors (Lipinski definition) is 8. The molecule has 1 N–H and O–H groups in total. The van der Waals surface area contributed by atoms with Crippen LogP contribution < -0.4 is 4.90 Å². The lowest BCUT2D eigenvalue weighted by Gasteiger charge is -2.37. The molecule has 0 saturated carbocycles. The van der Waals surface area contributed by atoms with E-state index < -0.39 is 0 Å². The van der Waals surface area contributed by atoms with Gasteiger partial charge in [0, 0.05) is 23.7 Å². The number of fused-ring (bicyclic) bond motifs is 1. The largest absolute Gasteiger partial charge is 0.394 e. The summed E-state index contributed by atoms with van der Waals surface area (Å²) >= 11 is 0. The Hall–Kier alpha value is -4.08. The van der Waals surface area contributed by atoms with Crippen molar-refractivity contribution >= 4 is 16.7 Å². The summed E-state index contributed by atoms with van der Waals surface area (Å²) in [6, 6.07) is 16.6. The smallest absolute Gasteiger partial charge is 0.165 e. The van der Waals surface area contributed by atoms with Crippen molar-refractivity contribution in [3.63, 3.8) is 0 Å². The molecule has 0 bridgehead atoms. The van der Waals surface area contributed by atoms with Crippen LogP contribution in [0.25, 0.3) is 33.4 Å². The Balaban J connectivity index is 1.54. The van der Waals surface area contributed by atoms with Crippen molar-refractivity contribution in [2.75, 3.05) is 31.3 Å². The van der Waals surface area contributed by atoms with E-state index in [9.17, 15) is 5.11 Å². The van der Waals surface area contributed by atoms with Crippen LogP contribution in [0.5, 0.6) is 0 Å². The molecule has 0 spiro atoms. The molecule has 3 aromatic heterocycles. The molecular formula is C28H28N6O3. The normalized spacial score (nSPS) is 16.0. The number of anilines is 1. The molecule has 1 atom stereocenters. The number of ether oxygens (including phenoxy) is 1. The highest BCUT2D eigenvalue weighted by molar-refractivity contribution is 5.95. The number of aryl methyl sites for hydroxylation is 2. The van der Waals surface area contributed by atoms with Crippen LogP contribution >= 0.6 is 0 Å². The van der Waals surface area contributed by atoms with Crippen LogP contribution in [0.1, 0.15) is 23.1 Å². The van der Waals surface area contributed by atoms with E-state index in [1.54, 1.807) is 10.9 Å². The maximum absolute atomic E-state index is 9.31. The van der Waals surface area contributed by atoms with Gasteiger partial charge < -0.3 is 19.3 Å². The average molecular weight is 497 g/mol. The number of rotatable bonds is 6. The minimum atomic E-state index is 0.0146. The minimum Gasteiger partial charge on any atom is -0.394 e. The molecule has 0 amide bonds. The highest BCUT2D eigenvalue weighted by Crippen LogP contribution is 2.37. The van der Waals surface area contributed by atoms with Gasteiger partial charge in [-0.2, -0.15) is 5.10 Å². The molecule has 1 aliphatic rings. The van der Waals surface area contributed by atoms with Crippen molar-refractivity contribution in [2.24, 2.45) is 0 Å². The fourth-order valence-electron chi connectivity index (χ4n) is 5.02. The summed E-state index contributed by atoms with van der Waals surface area (Å²) < 4.78 is 13.1. The number of hydrogen-bond donors (Lipinski definition) is 1. The Morgan fingerprint density at radius 3 is 2.70 bits per heavy atom. The molecule has 5 aromatic rings. The average Bonchev–Trinajstić information content (AvgIpc) is 3.54. The van der Waals surface area contributed by atoms with Crippen LogP contribution in [0.4, 0.5) is 5.82 Å². The van der Waals surface area contributed by atoms with Crippen molar-refractivity contribution in [2.45, 2.75) is 26.4 Å². The second kappa shape index (κ2) is 9.76. The van der Waals surface area contributed by atoms with Crippen LogP contribution in [0.2, 0.25) is 0 Å². The SMILES string of the molecule is Cc1noc(C)c1-c1ccc2nc(-c3cnn(CCO)c3)nc(N3CCOC[C@@H]3c3ccccc3)c2c1. The maximum atomic E-state index is 9.31. The number of aromatic nitrogens is 5. The fourth-order valence-corrected chi connectivity index (χ4v) is 5.02. The summed E-state index contributed by atoms with van der Waals surface area (Å²) in [6.45, 7) is 6.20. The molecule has 9 heteroatoms. The summed E-state index contributed by atoms with van der Waals surface area (Å²) in [5.41, 5.74) is 5.67. The van der Waals surface area contributed by atoms with E-state index in [2.05, 4.69) is 51.6 Å². The van der Waals surface area contributed by atoms with E-state index in [0.29, 0.717) is 32.1 Å². The minimum absolute atomic E-state index is 0.0146. The number of morpholine rings is 1. The van der Waals surface area contributed by atoms with Gasteiger partial charge in [0.2, 0.25) is 0 Å². The highest BCUT2D eigenvalue weighted by Gasteiger charge is 2.28. The van der Waals surface area contributed by atoms with Gasteiger partial charge in [0.05, 0.1) is 55.4 Å². The van der Waals surface area contributed by atoms with Gasteiger partial charge in [-0.1, -0.05) is 41.6 Å². The molecule has 0 aliphatic carbocycles. The third kappa shape index (κ3) is 4.36. The number of nitrogens with zero attached hydrogens (tertiary/aromatic N) is 6.